The maximum atomic E-state index is 13.1. The molecule has 1 aromatic carbocycles. The minimum atomic E-state index is -4.49. The zero-order chi connectivity index (χ0) is 16.4. The fraction of sp³-hybridized carbons (Fsp3) is 0.312. The molecule has 0 atom stereocenters. The van der Waals surface area contributed by atoms with Crippen LogP contribution in [0.15, 0.2) is 35.5 Å². The van der Waals surface area contributed by atoms with Crippen LogP contribution in [-0.4, -0.2) is 21.5 Å². The first-order chi connectivity index (χ1) is 10.9. The van der Waals surface area contributed by atoms with Crippen molar-refractivity contribution in [2.45, 2.75) is 30.6 Å². The molecule has 2 aromatic rings. The summed E-state index contributed by atoms with van der Waals surface area (Å²) in [7, 11) is 0. The van der Waals surface area contributed by atoms with Crippen molar-refractivity contribution < 1.29 is 18.0 Å². The summed E-state index contributed by atoms with van der Waals surface area (Å²) >= 11 is 0.948. The highest BCUT2D eigenvalue weighted by Crippen LogP contribution is 2.36. The smallest absolute Gasteiger partial charge is 0.293 e. The molecule has 0 bridgehead atoms. The zero-order valence-corrected chi connectivity index (χ0v) is 12.9. The van der Waals surface area contributed by atoms with Gasteiger partial charge in [-0.05, 0) is 19.3 Å². The van der Waals surface area contributed by atoms with Crippen LogP contribution in [0.3, 0.4) is 0 Å². The number of Topliss-reactive ketones (excluding diaryl/α,β-unsaturated/α-hetero) is 1. The molecule has 23 heavy (non-hydrogen) atoms. The van der Waals surface area contributed by atoms with Gasteiger partial charge in [-0.3, -0.25) is 4.79 Å². The Bertz CT molecular complexity index is 732. The Hall–Kier alpha value is -1.89. The van der Waals surface area contributed by atoms with Gasteiger partial charge in [-0.1, -0.05) is 42.1 Å². The molecule has 0 saturated heterocycles. The van der Waals surface area contributed by atoms with Crippen LogP contribution in [0.4, 0.5) is 13.2 Å². The number of fused-ring (bicyclic) bond motifs is 1. The van der Waals surface area contributed by atoms with Crippen molar-refractivity contribution in [1.82, 2.24) is 9.97 Å². The quantitative estimate of drug-likeness (QED) is 0.481. The maximum Gasteiger partial charge on any atom is 0.433 e. The van der Waals surface area contributed by atoms with E-state index in [2.05, 4.69) is 9.97 Å². The third kappa shape index (κ3) is 3.55. The molecular formula is C16H13F3N2OS. The van der Waals surface area contributed by atoms with Crippen molar-refractivity contribution in [1.29, 1.82) is 0 Å². The van der Waals surface area contributed by atoms with E-state index < -0.39 is 11.9 Å². The van der Waals surface area contributed by atoms with E-state index >= 15 is 0 Å². The van der Waals surface area contributed by atoms with Gasteiger partial charge in [0.1, 0.15) is 0 Å². The number of hydrogen-bond donors (Lipinski definition) is 0. The van der Waals surface area contributed by atoms with Crippen molar-refractivity contribution in [3.05, 3.63) is 52.8 Å². The summed E-state index contributed by atoms with van der Waals surface area (Å²) in [5.74, 6) is -0.145. The molecule has 120 valence electrons. The first kappa shape index (κ1) is 16.0. The summed E-state index contributed by atoms with van der Waals surface area (Å²) in [6.07, 6.45) is -2.94. The molecule has 1 aromatic heterocycles. The van der Waals surface area contributed by atoms with E-state index in [1.807, 2.05) is 0 Å². The predicted molar refractivity (Wildman–Crippen MR) is 80.6 cm³/mol. The molecule has 0 saturated carbocycles. The number of carbonyl (C=O) groups excluding carboxylic acids is 1. The van der Waals surface area contributed by atoms with Gasteiger partial charge in [-0.2, -0.15) is 13.2 Å². The fourth-order valence-electron chi connectivity index (χ4n) is 2.55. The number of carbonyl (C=O) groups is 1. The van der Waals surface area contributed by atoms with Gasteiger partial charge in [0.2, 0.25) is 0 Å². The van der Waals surface area contributed by atoms with E-state index in [0.29, 0.717) is 30.5 Å². The van der Waals surface area contributed by atoms with Crippen LogP contribution >= 0.6 is 11.8 Å². The van der Waals surface area contributed by atoms with Crippen molar-refractivity contribution in [3.8, 4) is 0 Å². The van der Waals surface area contributed by atoms with Gasteiger partial charge >= 0.3 is 6.18 Å². The summed E-state index contributed by atoms with van der Waals surface area (Å²) in [6, 6.07) is 8.63. The summed E-state index contributed by atoms with van der Waals surface area (Å²) < 4.78 is 39.4. The number of halogens is 3. The molecule has 3 nitrogen and oxygen atoms in total. The number of benzene rings is 1. The van der Waals surface area contributed by atoms with E-state index in [0.717, 1.165) is 11.8 Å². The Morgan fingerprint density at radius 2 is 1.87 bits per heavy atom. The zero-order valence-electron chi connectivity index (χ0n) is 12.1. The lowest BCUT2D eigenvalue weighted by molar-refractivity contribution is -0.142. The molecule has 1 aliphatic rings. The van der Waals surface area contributed by atoms with Crippen molar-refractivity contribution in [2.24, 2.45) is 0 Å². The average Bonchev–Trinajstić information content (AvgIpc) is 3.00. The van der Waals surface area contributed by atoms with E-state index in [1.54, 1.807) is 30.3 Å². The average molecular weight is 338 g/mol. The van der Waals surface area contributed by atoms with E-state index in [1.165, 1.54) is 0 Å². The van der Waals surface area contributed by atoms with Gasteiger partial charge in [0.15, 0.2) is 16.6 Å². The first-order valence-corrected chi connectivity index (χ1v) is 8.12. The monoisotopic (exact) mass is 338 g/mol. The van der Waals surface area contributed by atoms with Crippen LogP contribution < -0.4 is 0 Å². The molecule has 0 radical (unpaired) electrons. The highest BCUT2D eigenvalue weighted by Gasteiger charge is 2.38. The number of thioether (sulfide) groups is 1. The Kier molecular flexibility index (Phi) is 4.39. The minimum Gasteiger partial charge on any atom is -0.293 e. The second-order valence-electron chi connectivity index (χ2n) is 5.21. The third-order valence-electron chi connectivity index (χ3n) is 3.61. The second-order valence-corrected chi connectivity index (χ2v) is 6.15. The van der Waals surface area contributed by atoms with Crippen molar-refractivity contribution in [2.75, 3.05) is 5.75 Å². The van der Waals surface area contributed by atoms with Crippen molar-refractivity contribution in [3.63, 3.8) is 0 Å². The number of alkyl halides is 3. The van der Waals surface area contributed by atoms with E-state index in [4.69, 9.17) is 0 Å². The molecule has 1 heterocycles. The van der Waals surface area contributed by atoms with Gasteiger partial charge in [0, 0.05) is 16.8 Å². The Morgan fingerprint density at radius 1 is 1.13 bits per heavy atom. The van der Waals surface area contributed by atoms with Gasteiger partial charge in [-0.25, -0.2) is 9.97 Å². The van der Waals surface area contributed by atoms with E-state index in [9.17, 15) is 18.0 Å². The fourth-order valence-corrected chi connectivity index (χ4v) is 3.30. The van der Waals surface area contributed by atoms with E-state index in [-0.39, 0.29) is 22.3 Å². The highest BCUT2D eigenvalue weighted by molar-refractivity contribution is 7.99. The van der Waals surface area contributed by atoms with Gasteiger partial charge < -0.3 is 0 Å². The first-order valence-electron chi connectivity index (χ1n) is 7.13. The van der Waals surface area contributed by atoms with Crippen molar-refractivity contribution >= 4 is 17.5 Å². The minimum absolute atomic E-state index is 0.0140. The number of hydrogen-bond acceptors (Lipinski definition) is 4. The SMILES string of the molecule is O=C(CSc1nc2c(c(C(F)(F)F)n1)CCC2)c1ccccc1. The lowest BCUT2D eigenvalue weighted by Crippen LogP contribution is -2.14. The molecule has 0 fully saturated rings. The maximum absolute atomic E-state index is 13.1. The normalized spacial score (nSPS) is 13.9. The Balaban J connectivity index is 1.80. The molecular weight excluding hydrogens is 325 g/mol. The largest absolute Gasteiger partial charge is 0.433 e. The summed E-state index contributed by atoms with van der Waals surface area (Å²) in [5, 5.41) is 0.0160. The second kappa shape index (κ2) is 6.31. The third-order valence-corrected chi connectivity index (χ3v) is 4.46. The lowest BCUT2D eigenvalue weighted by Gasteiger charge is -2.12. The molecule has 0 spiro atoms. The molecule has 0 unspecified atom stereocenters. The summed E-state index contributed by atoms with van der Waals surface area (Å²) in [5.41, 5.74) is 0.338. The molecule has 0 N–H and O–H groups in total. The van der Waals surface area contributed by atoms with Crippen LogP contribution in [-0.2, 0) is 19.0 Å². The number of aromatic nitrogens is 2. The lowest BCUT2D eigenvalue weighted by atomic mass is 10.2. The Labute approximate surface area is 135 Å². The molecule has 0 amide bonds. The van der Waals surface area contributed by atoms with Gasteiger partial charge in [-0.15, -0.1) is 0 Å². The number of ketones is 1. The summed E-state index contributed by atoms with van der Waals surface area (Å²) in [6.45, 7) is 0. The van der Waals surface area contributed by atoms with Gasteiger partial charge in [0.05, 0.1) is 5.75 Å². The van der Waals surface area contributed by atoms with Crippen LogP contribution in [0, 0.1) is 0 Å². The molecule has 7 heteroatoms. The topological polar surface area (TPSA) is 42.9 Å². The molecule has 1 aliphatic carbocycles. The van der Waals surface area contributed by atoms with Gasteiger partial charge in [0.25, 0.3) is 0 Å². The highest BCUT2D eigenvalue weighted by atomic mass is 32.2. The Morgan fingerprint density at radius 3 is 2.57 bits per heavy atom. The van der Waals surface area contributed by atoms with Crippen LogP contribution in [0.5, 0.6) is 0 Å². The number of rotatable bonds is 4. The number of nitrogens with zero attached hydrogens (tertiary/aromatic N) is 2. The predicted octanol–water partition coefficient (Wildman–Crippen LogP) is 3.96. The van der Waals surface area contributed by atoms with Crippen LogP contribution in [0.1, 0.15) is 33.7 Å². The molecule has 0 aliphatic heterocycles. The van der Waals surface area contributed by atoms with Crippen LogP contribution in [0.2, 0.25) is 0 Å². The summed E-state index contributed by atoms with van der Waals surface area (Å²) in [4.78, 5) is 19.9. The number of aryl methyl sites for hydroxylation is 1. The van der Waals surface area contributed by atoms with Crippen LogP contribution in [0.25, 0.3) is 0 Å². The standard InChI is InChI=1S/C16H13F3N2OS/c17-16(18,19)14-11-7-4-8-12(11)20-15(21-14)23-9-13(22)10-5-2-1-3-6-10/h1-3,5-6H,4,7-9H2. The molecule has 3 rings (SSSR count).